The van der Waals surface area contributed by atoms with Gasteiger partial charge in [-0.05, 0) is 62.4 Å². The number of nitrogens with zero attached hydrogens (tertiary/aromatic N) is 3. The van der Waals surface area contributed by atoms with Crippen molar-refractivity contribution >= 4 is 11.1 Å². The highest BCUT2D eigenvalue weighted by atomic mass is 19.4. The van der Waals surface area contributed by atoms with E-state index >= 15 is 0 Å². The number of allylic oxidation sites excluding steroid dienone is 2. The largest absolute Gasteiger partial charge is 0.474 e. The second-order valence-electron chi connectivity index (χ2n) is 9.81. The van der Waals surface area contributed by atoms with E-state index in [1.54, 1.807) is 47.4 Å². The lowest BCUT2D eigenvalue weighted by Crippen LogP contribution is -2.39. The van der Waals surface area contributed by atoms with E-state index in [2.05, 4.69) is 10.3 Å². The van der Waals surface area contributed by atoms with Gasteiger partial charge in [0.1, 0.15) is 19.0 Å². The molecule has 10 heteroatoms. The first kappa shape index (κ1) is 26.5. The molecule has 38 heavy (non-hydrogen) atoms. The Bertz CT molecular complexity index is 1130. The summed E-state index contributed by atoms with van der Waals surface area (Å²) in [6.07, 6.45) is 0.899. The number of hydrogen-bond acceptors (Lipinski definition) is 6. The lowest BCUT2D eigenvalue weighted by Gasteiger charge is -2.35. The van der Waals surface area contributed by atoms with Gasteiger partial charge in [0.15, 0.2) is 0 Å². The van der Waals surface area contributed by atoms with Crippen LogP contribution in [0.3, 0.4) is 0 Å². The molecule has 0 aliphatic carbocycles. The lowest BCUT2D eigenvalue weighted by molar-refractivity contribution is -0.122. The van der Waals surface area contributed by atoms with Crippen molar-refractivity contribution in [2.75, 3.05) is 26.4 Å². The minimum atomic E-state index is -4.48. The van der Waals surface area contributed by atoms with Crippen molar-refractivity contribution in [1.29, 1.82) is 0 Å². The van der Waals surface area contributed by atoms with Gasteiger partial charge in [-0.15, -0.1) is 0 Å². The van der Waals surface area contributed by atoms with Gasteiger partial charge in [-0.2, -0.15) is 18.3 Å². The Morgan fingerprint density at radius 1 is 1.03 bits per heavy atom. The molecule has 5 rings (SSSR count). The molecule has 1 atom stereocenters. The zero-order valence-corrected chi connectivity index (χ0v) is 21.1. The van der Waals surface area contributed by atoms with Gasteiger partial charge in [0.2, 0.25) is 5.88 Å². The number of alkyl halides is 3. The molecule has 4 heterocycles. The van der Waals surface area contributed by atoms with E-state index in [1.807, 2.05) is 0 Å². The van der Waals surface area contributed by atoms with Crippen LogP contribution >= 0.6 is 0 Å². The molecule has 2 fully saturated rings. The van der Waals surface area contributed by atoms with Crippen LogP contribution in [-0.2, 0) is 4.74 Å². The monoisotopic (exact) mass is 532 g/mol. The predicted octanol–water partition coefficient (Wildman–Crippen LogP) is 5.90. The quantitative estimate of drug-likeness (QED) is 0.354. The maximum absolute atomic E-state index is 14.8. The number of aromatic nitrogens is 1. The molecule has 1 aromatic heterocycles. The van der Waals surface area contributed by atoms with E-state index < -0.39 is 18.8 Å². The molecule has 3 aliphatic rings. The third kappa shape index (κ3) is 6.47. The minimum absolute atomic E-state index is 0.0336. The van der Waals surface area contributed by atoms with Gasteiger partial charge < -0.3 is 19.7 Å². The Labute approximate surface area is 219 Å². The average Bonchev–Trinajstić information content (AvgIpc) is 3.31. The summed E-state index contributed by atoms with van der Waals surface area (Å²) in [6.45, 7) is 2.13. The van der Waals surface area contributed by atoms with E-state index in [1.165, 1.54) is 12.4 Å². The zero-order chi connectivity index (χ0) is 26.5. The molecule has 204 valence electrons. The van der Waals surface area contributed by atoms with E-state index in [0.717, 1.165) is 38.8 Å². The van der Waals surface area contributed by atoms with Crippen molar-refractivity contribution < 1.29 is 27.1 Å². The fourth-order valence-corrected chi connectivity index (χ4v) is 5.23. The van der Waals surface area contributed by atoms with Crippen LogP contribution in [0, 0.1) is 0 Å². The zero-order valence-electron chi connectivity index (χ0n) is 21.1. The Morgan fingerprint density at radius 2 is 1.82 bits per heavy atom. The predicted molar refractivity (Wildman–Crippen MR) is 136 cm³/mol. The van der Waals surface area contributed by atoms with Gasteiger partial charge in [0.05, 0.1) is 18.3 Å². The summed E-state index contributed by atoms with van der Waals surface area (Å²) in [5, 5.41) is 3.77. The number of halogens is 4. The lowest BCUT2D eigenvalue weighted by atomic mass is 9.90. The second kappa shape index (κ2) is 11.7. The van der Waals surface area contributed by atoms with Gasteiger partial charge >= 0.3 is 6.18 Å². The first-order valence-corrected chi connectivity index (χ1v) is 13.1. The van der Waals surface area contributed by atoms with Crippen LogP contribution in [0.5, 0.6) is 5.88 Å². The van der Waals surface area contributed by atoms with Crippen molar-refractivity contribution in [2.45, 2.75) is 57.0 Å². The maximum atomic E-state index is 14.8. The minimum Gasteiger partial charge on any atom is -0.474 e. The van der Waals surface area contributed by atoms with Crippen molar-refractivity contribution in [3.63, 3.8) is 0 Å². The van der Waals surface area contributed by atoms with Crippen LogP contribution in [0.1, 0.15) is 49.7 Å². The molecular formula is C28H32F4N4O2. The van der Waals surface area contributed by atoms with E-state index in [9.17, 15) is 17.7 Å². The van der Waals surface area contributed by atoms with Crippen LogP contribution in [0.15, 0.2) is 60.6 Å². The fourth-order valence-electron chi connectivity index (χ4n) is 5.23. The maximum Gasteiger partial charge on any atom is 0.393 e. The SMILES string of the molecule is FN1C=C(/C(=C(/CC(F)(F)F)c2ccccc2)c2ccc(OC3CCNCC3)nc2)N(C2CCCCO2)C1. The Hall–Kier alpha value is -3.11. The average molecular weight is 533 g/mol. The van der Waals surface area contributed by atoms with Crippen molar-refractivity contribution in [3.8, 4) is 5.88 Å². The van der Waals surface area contributed by atoms with Crippen LogP contribution < -0.4 is 10.1 Å². The fraction of sp³-hybridized carbons (Fsp3) is 0.464. The van der Waals surface area contributed by atoms with Crippen LogP contribution in [-0.4, -0.2) is 59.9 Å². The van der Waals surface area contributed by atoms with Crippen LogP contribution in [0.4, 0.5) is 17.7 Å². The smallest absolute Gasteiger partial charge is 0.393 e. The number of nitrogens with one attached hydrogen (secondary N) is 1. The van der Waals surface area contributed by atoms with Crippen molar-refractivity contribution in [3.05, 3.63) is 71.7 Å². The first-order chi connectivity index (χ1) is 18.4. The highest BCUT2D eigenvalue weighted by molar-refractivity contribution is 5.98. The summed E-state index contributed by atoms with van der Waals surface area (Å²) in [6, 6.07) is 11.8. The summed E-state index contributed by atoms with van der Waals surface area (Å²) in [5.41, 5.74) is 1.54. The summed E-state index contributed by atoms with van der Waals surface area (Å²) in [7, 11) is 0. The molecule has 0 amide bonds. The number of pyridine rings is 1. The molecule has 1 unspecified atom stereocenters. The molecule has 3 aliphatic heterocycles. The third-order valence-electron chi connectivity index (χ3n) is 7.02. The van der Waals surface area contributed by atoms with E-state index in [4.69, 9.17) is 9.47 Å². The molecule has 1 aromatic carbocycles. The van der Waals surface area contributed by atoms with Crippen LogP contribution in [0.25, 0.3) is 11.1 Å². The molecule has 0 bridgehead atoms. The van der Waals surface area contributed by atoms with Gasteiger partial charge in [0.25, 0.3) is 0 Å². The second-order valence-corrected chi connectivity index (χ2v) is 9.81. The van der Waals surface area contributed by atoms with Gasteiger partial charge in [-0.3, -0.25) is 0 Å². The molecule has 1 N–H and O–H groups in total. The van der Waals surface area contributed by atoms with Crippen LogP contribution in [0.2, 0.25) is 0 Å². The van der Waals surface area contributed by atoms with Crippen molar-refractivity contribution in [1.82, 2.24) is 20.3 Å². The third-order valence-corrected chi connectivity index (χ3v) is 7.02. The Morgan fingerprint density at radius 3 is 2.47 bits per heavy atom. The number of ether oxygens (including phenoxy) is 2. The van der Waals surface area contributed by atoms with Crippen molar-refractivity contribution in [2.24, 2.45) is 0 Å². The highest BCUT2D eigenvalue weighted by Crippen LogP contribution is 2.43. The topological polar surface area (TPSA) is 49.9 Å². The number of hydrogen-bond donors (Lipinski definition) is 1. The summed E-state index contributed by atoms with van der Waals surface area (Å²) in [5.74, 6) is 0.414. The van der Waals surface area contributed by atoms with Gasteiger partial charge in [-0.25, -0.2) is 4.98 Å². The van der Waals surface area contributed by atoms with Gasteiger partial charge in [0, 0.05) is 30.0 Å². The normalized spacial score (nSPS) is 21.8. The first-order valence-electron chi connectivity index (χ1n) is 13.1. The molecule has 2 saturated heterocycles. The highest BCUT2D eigenvalue weighted by Gasteiger charge is 2.37. The Kier molecular flexibility index (Phi) is 8.18. The number of piperidine rings is 1. The molecule has 2 aromatic rings. The van der Waals surface area contributed by atoms with E-state index in [0.29, 0.717) is 40.9 Å². The van der Waals surface area contributed by atoms with E-state index in [-0.39, 0.29) is 23.9 Å². The number of rotatable bonds is 7. The summed E-state index contributed by atoms with van der Waals surface area (Å²) >= 11 is 0. The molecule has 6 nitrogen and oxygen atoms in total. The van der Waals surface area contributed by atoms with Gasteiger partial charge in [-0.1, -0.05) is 34.8 Å². The molecule has 0 radical (unpaired) electrons. The standard InChI is InChI=1S/C28H32F4N4O2/c29-28(30,31)16-23(20-6-2-1-3-7-20)27(24-18-35(32)19-36(24)26-8-4-5-15-37-26)21-9-10-25(34-17-21)38-22-11-13-33-14-12-22/h1-3,6-7,9-10,17-18,22,26,33H,4-5,8,11-16,19H2/b27-23-. The summed E-state index contributed by atoms with van der Waals surface area (Å²) in [4.78, 5) is 6.17. The number of benzene rings is 1. The Balaban J connectivity index is 1.59. The summed E-state index contributed by atoms with van der Waals surface area (Å²) < 4.78 is 68.7. The molecule has 0 saturated carbocycles. The molecule has 0 spiro atoms. The molecular weight excluding hydrogens is 500 g/mol.